The van der Waals surface area contributed by atoms with Crippen molar-refractivity contribution in [3.05, 3.63) is 76.9 Å². The van der Waals surface area contributed by atoms with Gasteiger partial charge >= 0.3 is 6.18 Å². The largest absolute Gasteiger partial charge is 0.493 e. The minimum Gasteiger partial charge on any atom is -0.493 e. The number of nitrogens with one attached hydrogen (secondary N) is 1. The molecule has 9 heteroatoms. The molecule has 3 aromatic rings. The highest BCUT2D eigenvalue weighted by Gasteiger charge is 2.32. The van der Waals surface area contributed by atoms with Gasteiger partial charge in [-0.1, -0.05) is 35.9 Å². The summed E-state index contributed by atoms with van der Waals surface area (Å²) in [4.78, 5) is 3.69. The summed E-state index contributed by atoms with van der Waals surface area (Å²) >= 11 is 5.94. The van der Waals surface area contributed by atoms with Crippen molar-refractivity contribution in [2.75, 3.05) is 12.5 Å². The van der Waals surface area contributed by atoms with Gasteiger partial charge in [-0.15, -0.1) is 0 Å². The summed E-state index contributed by atoms with van der Waals surface area (Å²) in [6, 6.07) is 15.1. The highest BCUT2D eigenvalue weighted by atomic mass is 35.5. The topological polar surface area (TPSA) is 55.7 Å². The zero-order chi connectivity index (χ0) is 20.9. The van der Waals surface area contributed by atoms with E-state index in [9.17, 15) is 13.2 Å². The van der Waals surface area contributed by atoms with Crippen LogP contribution in [0.15, 0.2) is 65.9 Å². The van der Waals surface area contributed by atoms with E-state index in [1.165, 1.54) is 13.3 Å². The monoisotopic (exact) mass is 421 g/mol. The molecule has 0 bridgehead atoms. The molecule has 0 aliphatic carbocycles. The third-order valence-electron chi connectivity index (χ3n) is 3.73. The number of pyridine rings is 1. The van der Waals surface area contributed by atoms with Gasteiger partial charge in [-0.25, -0.2) is 4.98 Å². The number of anilines is 1. The molecule has 0 saturated heterocycles. The van der Waals surface area contributed by atoms with Crippen LogP contribution in [-0.2, 0) is 6.18 Å². The van der Waals surface area contributed by atoms with Crippen LogP contribution in [-0.4, -0.2) is 18.3 Å². The normalized spacial score (nSPS) is 11.5. The Morgan fingerprint density at radius 2 is 1.86 bits per heavy atom. The first kappa shape index (κ1) is 20.5. The van der Waals surface area contributed by atoms with Gasteiger partial charge in [-0.3, -0.25) is 5.43 Å². The number of hydrogen-bond donors (Lipinski definition) is 1. The van der Waals surface area contributed by atoms with Gasteiger partial charge in [-0.2, -0.15) is 18.3 Å². The maximum absolute atomic E-state index is 12.8. The van der Waals surface area contributed by atoms with E-state index in [0.717, 1.165) is 11.8 Å². The summed E-state index contributed by atoms with van der Waals surface area (Å²) < 4.78 is 49.4. The first-order chi connectivity index (χ1) is 13.9. The van der Waals surface area contributed by atoms with Crippen LogP contribution < -0.4 is 14.9 Å². The van der Waals surface area contributed by atoms with Gasteiger partial charge < -0.3 is 9.47 Å². The van der Waals surface area contributed by atoms with Gasteiger partial charge in [0.15, 0.2) is 11.5 Å². The molecule has 0 amide bonds. The summed E-state index contributed by atoms with van der Waals surface area (Å²) in [5, 5.41) is 3.86. The van der Waals surface area contributed by atoms with Crippen molar-refractivity contribution < 1.29 is 22.6 Å². The number of hydrazone groups is 1. The van der Waals surface area contributed by atoms with Gasteiger partial charge in [0.2, 0.25) is 5.88 Å². The van der Waals surface area contributed by atoms with E-state index in [0.29, 0.717) is 17.5 Å². The van der Waals surface area contributed by atoms with E-state index in [4.69, 9.17) is 21.1 Å². The van der Waals surface area contributed by atoms with E-state index in [1.807, 2.05) is 30.3 Å². The Labute approximate surface area is 169 Å². The first-order valence-electron chi connectivity index (χ1n) is 8.30. The summed E-state index contributed by atoms with van der Waals surface area (Å²) in [7, 11) is 1.44. The van der Waals surface area contributed by atoms with Gasteiger partial charge in [0.05, 0.1) is 24.6 Å². The van der Waals surface area contributed by atoms with E-state index < -0.39 is 11.7 Å². The van der Waals surface area contributed by atoms with E-state index in [1.54, 1.807) is 18.2 Å². The fourth-order valence-corrected chi connectivity index (χ4v) is 2.55. The molecule has 0 spiro atoms. The molecule has 150 valence electrons. The van der Waals surface area contributed by atoms with Crippen LogP contribution in [0, 0.1) is 0 Å². The minimum atomic E-state index is -4.56. The molecule has 0 unspecified atom stereocenters. The van der Waals surface area contributed by atoms with Crippen LogP contribution in [0.2, 0.25) is 5.02 Å². The third kappa shape index (κ3) is 5.17. The quantitative estimate of drug-likeness (QED) is 0.391. The molecule has 0 saturated carbocycles. The van der Waals surface area contributed by atoms with Crippen molar-refractivity contribution in [3.63, 3.8) is 0 Å². The first-order valence-corrected chi connectivity index (χ1v) is 8.68. The van der Waals surface area contributed by atoms with Crippen molar-refractivity contribution in [1.82, 2.24) is 4.98 Å². The summed E-state index contributed by atoms with van der Waals surface area (Å²) in [6.45, 7) is 0. The number of halogens is 4. The van der Waals surface area contributed by atoms with Crippen LogP contribution >= 0.6 is 11.6 Å². The Hall–Kier alpha value is -3.26. The zero-order valence-electron chi connectivity index (χ0n) is 15.1. The highest BCUT2D eigenvalue weighted by molar-refractivity contribution is 6.31. The average Bonchev–Trinajstić information content (AvgIpc) is 2.70. The predicted octanol–water partition coefficient (Wildman–Crippen LogP) is 6.00. The predicted molar refractivity (Wildman–Crippen MR) is 105 cm³/mol. The number of para-hydroxylation sites is 2. The van der Waals surface area contributed by atoms with Gasteiger partial charge in [0.1, 0.15) is 5.02 Å². The minimum absolute atomic E-state index is 0.185. The maximum atomic E-state index is 12.8. The van der Waals surface area contributed by atoms with Crippen LogP contribution in [0.5, 0.6) is 17.4 Å². The van der Waals surface area contributed by atoms with Crippen LogP contribution in [0.1, 0.15) is 11.1 Å². The molecule has 3 rings (SSSR count). The lowest BCUT2D eigenvalue weighted by Gasteiger charge is -2.14. The molecule has 1 aromatic heterocycles. The SMILES string of the molecule is COc1cccc(C=NNc2ccccc2)c1Oc1ncc(C(F)(F)F)cc1Cl. The van der Waals surface area contributed by atoms with Gasteiger partial charge in [0.25, 0.3) is 0 Å². The summed E-state index contributed by atoms with van der Waals surface area (Å²) in [5.41, 5.74) is 3.18. The average molecular weight is 422 g/mol. The van der Waals surface area contributed by atoms with Crippen LogP contribution in [0.25, 0.3) is 0 Å². The maximum Gasteiger partial charge on any atom is 0.417 e. The van der Waals surface area contributed by atoms with Crippen molar-refractivity contribution in [2.24, 2.45) is 5.10 Å². The van der Waals surface area contributed by atoms with Crippen molar-refractivity contribution >= 4 is 23.5 Å². The standard InChI is InChI=1S/C20H15ClF3N3O2/c1-28-17-9-5-6-13(11-26-27-15-7-3-2-4-8-15)18(17)29-19-16(21)10-14(12-25-19)20(22,23)24/h2-12,27H,1H3. The number of benzene rings is 2. The second-order valence-corrected chi connectivity index (χ2v) is 6.13. The molecule has 2 aromatic carbocycles. The molecule has 0 radical (unpaired) electrons. The number of methoxy groups -OCH3 is 1. The molecule has 0 atom stereocenters. The number of ether oxygens (including phenoxy) is 2. The Balaban J connectivity index is 1.88. The van der Waals surface area contributed by atoms with Crippen LogP contribution in [0.4, 0.5) is 18.9 Å². The molecule has 29 heavy (non-hydrogen) atoms. The number of rotatable bonds is 6. The molecule has 0 aliphatic rings. The lowest BCUT2D eigenvalue weighted by molar-refractivity contribution is -0.137. The smallest absolute Gasteiger partial charge is 0.417 e. The Morgan fingerprint density at radius 1 is 1.10 bits per heavy atom. The third-order valence-corrected chi connectivity index (χ3v) is 4.00. The number of alkyl halides is 3. The molecule has 0 fully saturated rings. The lowest BCUT2D eigenvalue weighted by atomic mass is 10.2. The van der Waals surface area contributed by atoms with Crippen molar-refractivity contribution in [2.45, 2.75) is 6.18 Å². The second kappa shape index (κ2) is 8.83. The van der Waals surface area contributed by atoms with E-state index >= 15 is 0 Å². The molecule has 5 nitrogen and oxygen atoms in total. The van der Waals surface area contributed by atoms with E-state index in [-0.39, 0.29) is 16.7 Å². The fraction of sp³-hybridized carbons (Fsp3) is 0.100. The summed E-state index contributed by atoms with van der Waals surface area (Å²) in [5.74, 6) is 0.365. The Morgan fingerprint density at radius 3 is 2.52 bits per heavy atom. The van der Waals surface area contributed by atoms with Crippen LogP contribution in [0.3, 0.4) is 0 Å². The fourth-order valence-electron chi connectivity index (χ4n) is 2.35. The molecule has 1 heterocycles. The zero-order valence-corrected chi connectivity index (χ0v) is 15.8. The number of nitrogens with zero attached hydrogens (tertiary/aromatic N) is 2. The molecule has 1 N–H and O–H groups in total. The Kier molecular flexibility index (Phi) is 6.23. The molecule has 0 aliphatic heterocycles. The highest BCUT2D eigenvalue weighted by Crippen LogP contribution is 2.38. The summed E-state index contributed by atoms with van der Waals surface area (Å²) in [6.07, 6.45) is -2.41. The van der Waals surface area contributed by atoms with Crippen molar-refractivity contribution in [3.8, 4) is 17.4 Å². The van der Waals surface area contributed by atoms with Crippen molar-refractivity contribution in [1.29, 1.82) is 0 Å². The van der Waals surface area contributed by atoms with Gasteiger partial charge in [-0.05, 0) is 30.3 Å². The Bertz CT molecular complexity index is 1010. The lowest BCUT2D eigenvalue weighted by Crippen LogP contribution is -2.06. The second-order valence-electron chi connectivity index (χ2n) is 5.73. The van der Waals surface area contributed by atoms with Gasteiger partial charge in [0, 0.05) is 11.8 Å². The number of hydrogen-bond acceptors (Lipinski definition) is 5. The number of aromatic nitrogens is 1. The molecular formula is C20H15ClF3N3O2. The van der Waals surface area contributed by atoms with E-state index in [2.05, 4.69) is 15.5 Å². The molecular weight excluding hydrogens is 407 g/mol.